The zero-order valence-corrected chi connectivity index (χ0v) is 25.0. The molecule has 0 saturated carbocycles. The Labute approximate surface area is 250 Å². The van der Waals surface area contributed by atoms with Gasteiger partial charge in [-0.25, -0.2) is 13.8 Å². The van der Waals surface area contributed by atoms with Gasteiger partial charge in [-0.3, -0.25) is 4.79 Å². The van der Waals surface area contributed by atoms with Crippen molar-refractivity contribution in [2.45, 2.75) is 49.9 Å². The maximum atomic E-state index is 13.0. The fourth-order valence-corrected chi connectivity index (χ4v) is 4.03. The Bertz CT molecular complexity index is 1240. The summed E-state index contributed by atoms with van der Waals surface area (Å²) in [5.74, 6) is -1.62. The van der Waals surface area contributed by atoms with Crippen LogP contribution in [0.4, 0.5) is 26.3 Å². The summed E-state index contributed by atoms with van der Waals surface area (Å²) >= 11 is 11.1. The van der Waals surface area contributed by atoms with Gasteiger partial charge in [-0.05, 0) is 48.9 Å². The number of rotatable bonds is 10. The van der Waals surface area contributed by atoms with Crippen LogP contribution in [-0.4, -0.2) is 49.9 Å². The molecule has 0 spiro atoms. The molecule has 1 amide bonds. The van der Waals surface area contributed by atoms with Crippen molar-refractivity contribution in [3.63, 3.8) is 0 Å². The molecule has 0 heterocycles. The summed E-state index contributed by atoms with van der Waals surface area (Å²) in [7, 11) is -2.57. The van der Waals surface area contributed by atoms with Crippen LogP contribution in [0.5, 0.6) is 0 Å². The summed E-state index contributed by atoms with van der Waals surface area (Å²) in [5, 5.41) is 5.69. The molecule has 42 heavy (non-hydrogen) atoms. The van der Waals surface area contributed by atoms with Crippen molar-refractivity contribution < 1.29 is 54.3 Å². The highest BCUT2D eigenvalue weighted by atomic mass is 35.5. The Hall–Kier alpha value is -2.55. The van der Waals surface area contributed by atoms with Crippen LogP contribution >= 0.6 is 23.2 Å². The normalized spacial score (nSPS) is 13.0. The van der Waals surface area contributed by atoms with E-state index in [9.17, 15) is 31.1 Å². The first-order valence-electron chi connectivity index (χ1n) is 12.1. The topological polar surface area (TPSA) is 135 Å². The summed E-state index contributed by atoms with van der Waals surface area (Å²) in [6.45, 7) is 0. The van der Waals surface area contributed by atoms with E-state index in [1.165, 1.54) is 37.4 Å². The highest BCUT2D eigenvalue weighted by Gasteiger charge is 2.37. The zero-order valence-electron chi connectivity index (χ0n) is 22.6. The van der Waals surface area contributed by atoms with E-state index in [1.54, 1.807) is 6.07 Å². The minimum absolute atomic E-state index is 0.0711. The molecule has 2 aromatic rings. The maximum absolute atomic E-state index is 13.0. The third-order valence-corrected chi connectivity index (χ3v) is 5.99. The van der Waals surface area contributed by atoms with E-state index in [0.29, 0.717) is 31.4 Å². The Morgan fingerprint density at radius 1 is 0.881 bits per heavy atom. The molecule has 238 valence electrons. The first-order chi connectivity index (χ1) is 19.3. The molecule has 0 aliphatic carbocycles. The van der Waals surface area contributed by atoms with Gasteiger partial charge >= 0.3 is 18.3 Å². The smallest absolute Gasteiger partial charge is 0.416 e. The Balaban J connectivity index is 0.000000691. The van der Waals surface area contributed by atoms with Crippen LogP contribution in [0.1, 0.15) is 59.8 Å². The molecule has 4 N–H and O–H groups in total. The van der Waals surface area contributed by atoms with Crippen molar-refractivity contribution in [3.8, 4) is 0 Å². The van der Waals surface area contributed by atoms with E-state index >= 15 is 0 Å². The van der Waals surface area contributed by atoms with Gasteiger partial charge in [0, 0.05) is 18.0 Å². The molecular weight excluding hydrogens is 637 g/mol. The fourth-order valence-electron chi connectivity index (χ4n) is 3.72. The number of ether oxygens (including phenoxy) is 1. The standard InChI is InChI=1S/C13H15ClF3NO.C12H13ClF3NO.CH4O3S/c1-19-12(18)10(6-4-8-14)9-5-2-3-7-11(9)13(15,16)17;13-7-3-5-9(11(17)18)8-4-1-2-6-10(8)12(14,15)16;1-5(2,3)4/h2-3,5,7,10,18H,4,6,8H2,1H3;1-2,4,6,9H,3,5,7H2,(H2,17,18);1H3,(H,2,3,4). The lowest BCUT2D eigenvalue weighted by Crippen LogP contribution is -2.45. The second-order valence-corrected chi connectivity index (χ2v) is 10.8. The maximum Gasteiger partial charge on any atom is 0.416 e. The third kappa shape index (κ3) is 15.1. The molecule has 2 rings (SSSR count). The lowest BCUT2D eigenvalue weighted by Gasteiger charge is -2.18. The number of hydrogen-bond acceptors (Lipinski definition) is 5. The van der Waals surface area contributed by atoms with Crippen molar-refractivity contribution in [2.75, 3.05) is 25.1 Å². The highest BCUT2D eigenvalue weighted by Crippen LogP contribution is 2.37. The minimum Gasteiger partial charge on any atom is -0.748 e. The van der Waals surface area contributed by atoms with E-state index in [-0.39, 0.29) is 29.3 Å². The van der Waals surface area contributed by atoms with Crippen LogP contribution in [0.25, 0.3) is 0 Å². The van der Waals surface area contributed by atoms with E-state index < -0.39 is 51.3 Å². The van der Waals surface area contributed by atoms with Gasteiger partial charge < -0.3 is 15.0 Å². The van der Waals surface area contributed by atoms with Gasteiger partial charge in [0.25, 0.3) is 0 Å². The summed E-state index contributed by atoms with van der Waals surface area (Å²) in [4.78, 5) is 11.3. The molecule has 0 aliphatic heterocycles. The second kappa shape index (κ2) is 18.2. The Morgan fingerprint density at radius 2 is 1.21 bits per heavy atom. The van der Waals surface area contributed by atoms with Crippen LogP contribution < -0.4 is 11.1 Å². The van der Waals surface area contributed by atoms with Crippen molar-refractivity contribution in [2.24, 2.45) is 5.73 Å². The van der Waals surface area contributed by atoms with Crippen LogP contribution in [-0.2, 0) is 32.0 Å². The Kier molecular flexibility index (Phi) is 17.1. The van der Waals surface area contributed by atoms with Gasteiger partial charge in [-0.15, -0.1) is 23.2 Å². The molecule has 0 saturated heterocycles. The summed E-state index contributed by atoms with van der Waals surface area (Å²) in [6, 6.07) is 10.4. The molecule has 2 atom stereocenters. The SMILES string of the molecule is COC(=[NH2+])C(CCCCl)c1ccccc1C(F)(F)F.CS(=O)(=O)[O-].NC(=O)C(CCCCl)c1ccccc1C(F)(F)F. The largest absolute Gasteiger partial charge is 0.748 e. The average molecular weight is 670 g/mol. The molecule has 0 aromatic heterocycles. The first kappa shape index (κ1) is 39.5. The van der Waals surface area contributed by atoms with Crippen molar-refractivity contribution >= 4 is 45.1 Å². The van der Waals surface area contributed by atoms with Crippen molar-refractivity contribution in [1.82, 2.24) is 0 Å². The number of methoxy groups -OCH3 is 1. The molecule has 16 heteroatoms. The quantitative estimate of drug-likeness (QED) is 0.120. The minimum atomic E-state index is -4.49. The molecule has 0 bridgehead atoms. The molecule has 0 aliphatic rings. The number of hydrogen-bond donors (Lipinski definition) is 2. The van der Waals surface area contributed by atoms with Crippen LogP contribution in [0.15, 0.2) is 48.5 Å². The van der Waals surface area contributed by atoms with Gasteiger partial charge in [0.15, 0.2) is 0 Å². The Morgan fingerprint density at radius 3 is 1.52 bits per heavy atom. The zero-order chi connectivity index (χ0) is 32.7. The third-order valence-electron chi connectivity index (χ3n) is 5.46. The predicted molar refractivity (Wildman–Crippen MR) is 147 cm³/mol. The molecule has 0 fully saturated rings. The molecular formula is C26H32Cl2F6N2O5S. The van der Waals surface area contributed by atoms with Crippen molar-refractivity contribution in [1.29, 1.82) is 0 Å². The summed E-state index contributed by atoms with van der Waals surface area (Å²) in [6.07, 6.45) is -6.69. The van der Waals surface area contributed by atoms with Crippen LogP contribution in [0, 0.1) is 0 Å². The van der Waals surface area contributed by atoms with E-state index in [1.807, 2.05) is 0 Å². The average Bonchev–Trinajstić information content (AvgIpc) is 2.87. The number of carbonyl (C=O) groups excluding carboxylic acids is 1. The molecule has 2 unspecified atom stereocenters. The van der Waals surface area contributed by atoms with Crippen LogP contribution in [0.3, 0.4) is 0 Å². The number of amides is 1. The lowest BCUT2D eigenvalue weighted by atomic mass is 9.90. The number of benzene rings is 2. The van der Waals surface area contributed by atoms with Gasteiger partial charge in [0.05, 0.1) is 34.3 Å². The van der Waals surface area contributed by atoms with Crippen LogP contribution in [0.2, 0.25) is 0 Å². The molecule has 7 nitrogen and oxygen atoms in total. The summed E-state index contributed by atoms with van der Waals surface area (Å²) in [5.41, 5.74) is 3.71. The fraction of sp³-hybridized carbons (Fsp3) is 0.462. The number of halogens is 8. The predicted octanol–water partition coefficient (Wildman–Crippen LogP) is 5.07. The van der Waals surface area contributed by atoms with E-state index in [2.05, 4.69) is 0 Å². The van der Waals surface area contributed by atoms with E-state index in [0.717, 1.165) is 12.1 Å². The number of primary amides is 1. The van der Waals surface area contributed by atoms with Gasteiger partial charge in [0.2, 0.25) is 5.91 Å². The highest BCUT2D eigenvalue weighted by molar-refractivity contribution is 7.84. The number of nitrogens with two attached hydrogens (primary N) is 2. The molecule has 2 aromatic carbocycles. The van der Waals surface area contributed by atoms with Gasteiger partial charge in [-0.1, -0.05) is 36.4 Å². The van der Waals surface area contributed by atoms with Gasteiger partial charge in [-0.2, -0.15) is 26.3 Å². The molecule has 0 radical (unpaired) electrons. The number of alkyl halides is 8. The van der Waals surface area contributed by atoms with Gasteiger partial charge in [0.1, 0.15) is 5.92 Å². The monoisotopic (exact) mass is 668 g/mol. The lowest BCUT2D eigenvalue weighted by molar-refractivity contribution is -0.144. The number of carbonyl (C=O) groups is 1. The first-order valence-corrected chi connectivity index (χ1v) is 15.0. The second-order valence-electron chi connectivity index (χ2n) is 8.65. The van der Waals surface area contributed by atoms with Crippen molar-refractivity contribution in [3.05, 3.63) is 70.8 Å². The summed E-state index contributed by atoms with van der Waals surface area (Å²) < 4.78 is 110. The van der Waals surface area contributed by atoms with E-state index in [4.69, 9.17) is 52.1 Å².